The zero-order chi connectivity index (χ0) is 15.8. The number of carbonyl (C=O) groups excluding carboxylic acids is 1. The predicted molar refractivity (Wildman–Crippen MR) is 86.3 cm³/mol. The minimum Gasteiger partial charge on any atom is -0.497 e. The lowest BCUT2D eigenvalue weighted by Gasteiger charge is -2.32. The van der Waals surface area contributed by atoms with Gasteiger partial charge in [-0.1, -0.05) is 0 Å². The lowest BCUT2D eigenvalue weighted by atomic mass is 9.98. The van der Waals surface area contributed by atoms with Crippen molar-refractivity contribution in [1.29, 1.82) is 0 Å². The van der Waals surface area contributed by atoms with E-state index in [1.807, 2.05) is 36.2 Å². The average molecular weight is 306 g/mol. The van der Waals surface area contributed by atoms with E-state index < -0.39 is 0 Å². The van der Waals surface area contributed by atoms with Gasteiger partial charge in [0.2, 0.25) is 5.91 Å². The van der Waals surface area contributed by atoms with E-state index in [4.69, 9.17) is 9.47 Å². The molecule has 0 aromatic heterocycles. The predicted octanol–water partition coefficient (Wildman–Crippen LogP) is 1.92. The number of carbonyl (C=O) groups is 1. The van der Waals surface area contributed by atoms with Gasteiger partial charge < -0.3 is 19.7 Å². The molecular formula is C17H26N2O3. The highest BCUT2D eigenvalue weighted by atomic mass is 16.5. The van der Waals surface area contributed by atoms with E-state index in [1.54, 1.807) is 7.11 Å². The highest BCUT2D eigenvalue weighted by molar-refractivity contribution is 5.76. The molecule has 0 radical (unpaired) electrons. The maximum atomic E-state index is 12.2. The van der Waals surface area contributed by atoms with Crippen LogP contribution in [0.15, 0.2) is 24.3 Å². The minimum absolute atomic E-state index is 0.189. The quantitative estimate of drug-likeness (QED) is 0.836. The van der Waals surface area contributed by atoms with Crippen molar-refractivity contribution < 1.29 is 14.3 Å². The first-order valence-corrected chi connectivity index (χ1v) is 7.92. The first-order chi connectivity index (χ1) is 10.7. The van der Waals surface area contributed by atoms with Gasteiger partial charge in [0.05, 0.1) is 20.1 Å². The fourth-order valence-electron chi connectivity index (χ4n) is 2.83. The molecule has 5 heteroatoms. The molecule has 1 aliphatic rings. The molecule has 1 unspecified atom stereocenters. The van der Waals surface area contributed by atoms with Crippen molar-refractivity contribution in [1.82, 2.24) is 10.2 Å². The van der Waals surface area contributed by atoms with Crippen molar-refractivity contribution >= 4 is 5.91 Å². The molecule has 0 bridgehead atoms. The van der Waals surface area contributed by atoms with E-state index in [0.717, 1.165) is 37.6 Å². The summed E-state index contributed by atoms with van der Waals surface area (Å²) in [6.45, 7) is 3.13. The number of amides is 1. The second kappa shape index (κ2) is 8.63. The van der Waals surface area contributed by atoms with Crippen molar-refractivity contribution in [2.24, 2.45) is 5.92 Å². The summed E-state index contributed by atoms with van der Waals surface area (Å²) >= 11 is 0. The number of nitrogens with one attached hydrogen (secondary N) is 1. The van der Waals surface area contributed by atoms with Gasteiger partial charge in [0.25, 0.3) is 0 Å². The van der Waals surface area contributed by atoms with E-state index in [9.17, 15) is 4.79 Å². The third-order valence-corrected chi connectivity index (χ3v) is 4.01. The summed E-state index contributed by atoms with van der Waals surface area (Å²) in [5.41, 5.74) is 0. The number of methoxy groups -OCH3 is 1. The summed E-state index contributed by atoms with van der Waals surface area (Å²) in [6.07, 6.45) is 2.72. The highest BCUT2D eigenvalue weighted by Gasteiger charge is 2.22. The van der Waals surface area contributed by atoms with Gasteiger partial charge >= 0.3 is 0 Å². The fourth-order valence-corrected chi connectivity index (χ4v) is 2.83. The molecule has 22 heavy (non-hydrogen) atoms. The standard InChI is InChI=1S/C17H26N2O3/c1-18-12-14-4-3-10-19(13-14)17(20)9-11-22-16-7-5-15(21-2)6-8-16/h5-8,14,18H,3-4,9-13H2,1-2H3. The van der Waals surface area contributed by atoms with E-state index in [-0.39, 0.29) is 5.91 Å². The molecule has 1 saturated heterocycles. The molecule has 1 heterocycles. The first kappa shape index (κ1) is 16.6. The Morgan fingerprint density at radius 2 is 2.05 bits per heavy atom. The maximum Gasteiger partial charge on any atom is 0.226 e. The number of rotatable bonds is 7. The monoisotopic (exact) mass is 306 g/mol. The Bertz CT molecular complexity index is 459. The van der Waals surface area contributed by atoms with Crippen LogP contribution in [0, 0.1) is 5.92 Å². The van der Waals surface area contributed by atoms with Crippen molar-refractivity contribution in [2.45, 2.75) is 19.3 Å². The number of ether oxygens (including phenoxy) is 2. The molecule has 1 N–H and O–H groups in total. The van der Waals surface area contributed by atoms with E-state index >= 15 is 0 Å². The van der Waals surface area contributed by atoms with Crippen LogP contribution in [0.4, 0.5) is 0 Å². The molecule has 1 aliphatic heterocycles. The van der Waals surface area contributed by atoms with Gasteiger partial charge in [0.15, 0.2) is 0 Å². The number of benzene rings is 1. The van der Waals surface area contributed by atoms with Crippen LogP contribution in [0.3, 0.4) is 0 Å². The maximum absolute atomic E-state index is 12.2. The Kier molecular flexibility index (Phi) is 6.52. The molecule has 1 amide bonds. The first-order valence-electron chi connectivity index (χ1n) is 7.92. The van der Waals surface area contributed by atoms with Gasteiger partial charge in [-0.3, -0.25) is 4.79 Å². The highest BCUT2D eigenvalue weighted by Crippen LogP contribution is 2.18. The van der Waals surface area contributed by atoms with Crippen molar-refractivity contribution in [3.8, 4) is 11.5 Å². The molecule has 1 atom stereocenters. The summed E-state index contributed by atoms with van der Waals surface area (Å²) in [7, 11) is 3.60. The van der Waals surface area contributed by atoms with E-state index in [1.165, 1.54) is 6.42 Å². The van der Waals surface area contributed by atoms with E-state index in [2.05, 4.69) is 5.32 Å². The second-order valence-electron chi connectivity index (χ2n) is 5.68. The molecule has 2 rings (SSSR count). The molecule has 0 saturated carbocycles. The zero-order valence-corrected chi connectivity index (χ0v) is 13.5. The van der Waals surface area contributed by atoms with Crippen LogP contribution in [0.25, 0.3) is 0 Å². The van der Waals surface area contributed by atoms with Gasteiger partial charge in [-0.2, -0.15) is 0 Å². The van der Waals surface area contributed by atoms with Crippen LogP contribution in [0.2, 0.25) is 0 Å². The van der Waals surface area contributed by atoms with Crippen molar-refractivity contribution in [2.75, 3.05) is 40.4 Å². The molecule has 1 aromatic carbocycles. The van der Waals surface area contributed by atoms with Crippen molar-refractivity contribution in [3.05, 3.63) is 24.3 Å². The summed E-state index contributed by atoms with van der Waals surface area (Å²) in [6, 6.07) is 7.41. The average Bonchev–Trinajstić information content (AvgIpc) is 2.56. The van der Waals surface area contributed by atoms with Gasteiger partial charge in [0.1, 0.15) is 11.5 Å². The lowest BCUT2D eigenvalue weighted by Crippen LogP contribution is -2.42. The van der Waals surface area contributed by atoms with Crippen molar-refractivity contribution in [3.63, 3.8) is 0 Å². The van der Waals surface area contributed by atoms with Gasteiger partial charge in [-0.25, -0.2) is 0 Å². The molecule has 1 fully saturated rings. The summed E-state index contributed by atoms with van der Waals surface area (Å²) in [5.74, 6) is 2.33. The van der Waals surface area contributed by atoms with Crippen LogP contribution < -0.4 is 14.8 Å². The van der Waals surface area contributed by atoms with Crippen LogP contribution in [0.1, 0.15) is 19.3 Å². The Morgan fingerprint density at radius 3 is 2.73 bits per heavy atom. The number of piperidine rings is 1. The Labute approximate surface area is 132 Å². The van der Waals surface area contributed by atoms with Crippen LogP contribution >= 0.6 is 0 Å². The topological polar surface area (TPSA) is 50.8 Å². The molecule has 5 nitrogen and oxygen atoms in total. The number of hydrogen-bond donors (Lipinski definition) is 1. The van der Waals surface area contributed by atoms with Crippen LogP contribution in [0.5, 0.6) is 11.5 Å². The Balaban J connectivity index is 1.72. The zero-order valence-electron chi connectivity index (χ0n) is 13.5. The molecule has 1 aromatic rings. The van der Waals surface area contributed by atoms with Gasteiger partial charge in [-0.15, -0.1) is 0 Å². The third-order valence-electron chi connectivity index (χ3n) is 4.01. The smallest absolute Gasteiger partial charge is 0.226 e. The molecule has 122 valence electrons. The normalized spacial score (nSPS) is 18.1. The summed E-state index contributed by atoms with van der Waals surface area (Å²) in [4.78, 5) is 14.2. The Morgan fingerprint density at radius 1 is 1.32 bits per heavy atom. The minimum atomic E-state index is 0.189. The number of likely N-dealkylation sites (tertiary alicyclic amines) is 1. The van der Waals surface area contributed by atoms with Crippen LogP contribution in [-0.2, 0) is 4.79 Å². The second-order valence-corrected chi connectivity index (χ2v) is 5.68. The third kappa shape index (κ3) is 4.91. The number of hydrogen-bond acceptors (Lipinski definition) is 4. The van der Waals surface area contributed by atoms with Gasteiger partial charge in [0, 0.05) is 13.1 Å². The molecule has 0 spiro atoms. The largest absolute Gasteiger partial charge is 0.497 e. The van der Waals surface area contributed by atoms with E-state index in [0.29, 0.717) is 18.9 Å². The molecular weight excluding hydrogens is 280 g/mol. The summed E-state index contributed by atoms with van der Waals surface area (Å²) in [5, 5.41) is 3.20. The summed E-state index contributed by atoms with van der Waals surface area (Å²) < 4.78 is 10.7. The van der Waals surface area contributed by atoms with Crippen LogP contribution in [-0.4, -0.2) is 51.2 Å². The van der Waals surface area contributed by atoms with Gasteiger partial charge in [-0.05, 0) is 56.6 Å². The molecule has 0 aliphatic carbocycles. The fraction of sp³-hybridized carbons (Fsp3) is 0.588. The number of nitrogens with zero attached hydrogens (tertiary/aromatic N) is 1. The Hall–Kier alpha value is -1.75. The SMILES string of the molecule is CNCC1CCCN(C(=O)CCOc2ccc(OC)cc2)C1. The lowest BCUT2D eigenvalue weighted by molar-refractivity contribution is -0.133.